The van der Waals surface area contributed by atoms with Crippen molar-refractivity contribution >= 4 is 11.7 Å². The molecular weight excluding hydrogens is 298 g/mol. The van der Waals surface area contributed by atoms with Gasteiger partial charge in [-0.25, -0.2) is 0 Å². The van der Waals surface area contributed by atoms with Gasteiger partial charge in [-0.3, -0.25) is 10.2 Å². The highest BCUT2D eigenvalue weighted by Crippen LogP contribution is 2.35. The standard InChI is InChI=1S/C20H39N3O/c1-2-3-4-5-6-7-8-9-10-11-12-13-14-15-18(24)23-20(16-17-20)19(21)22/h2-17H2,1H3,(H3,21,22)(H,23,24). The predicted molar refractivity (Wildman–Crippen MR) is 102 cm³/mol. The van der Waals surface area contributed by atoms with Gasteiger partial charge in [-0.1, -0.05) is 84.0 Å². The van der Waals surface area contributed by atoms with Gasteiger partial charge in [-0.05, 0) is 19.3 Å². The van der Waals surface area contributed by atoms with Gasteiger partial charge in [-0.15, -0.1) is 0 Å². The molecule has 4 heteroatoms. The number of amidine groups is 1. The molecule has 4 N–H and O–H groups in total. The highest BCUT2D eigenvalue weighted by atomic mass is 16.1. The molecule has 1 saturated carbocycles. The summed E-state index contributed by atoms with van der Waals surface area (Å²) in [5.74, 6) is 0.173. The van der Waals surface area contributed by atoms with Crippen LogP contribution >= 0.6 is 0 Å². The van der Waals surface area contributed by atoms with E-state index < -0.39 is 5.54 Å². The van der Waals surface area contributed by atoms with Gasteiger partial charge in [0.25, 0.3) is 0 Å². The van der Waals surface area contributed by atoms with Gasteiger partial charge in [0.05, 0.1) is 5.54 Å². The molecule has 24 heavy (non-hydrogen) atoms. The van der Waals surface area contributed by atoms with Crippen LogP contribution in [0, 0.1) is 5.41 Å². The first-order chi connectivity index (χ1) is 11.6. The molecule has 0 spiro atoms. The zero-order valence-corrected chi connectivity index (χ0v) is 15.8. The van der Waals surface area contributed by atoms with Crippen molar-refractivity contribution in [3.8, 4) is 0 Å². The van der Waals surface area contributed by atoms with Crippen LogP contribution in [0.1, 0.15) is 110 Å². The molecule has 0 radical (unpaired) electrons. The Kier molecular flexibility index (Phi) is 10.8. The average Bonchev–Trinajstić information content (AvgIpc) is 3.32. The fourth-order valence-corrected chi connectivity index (χ4v) is 3.22. The van der Waals surface area contributed by atoms with Crippen molar-refractivity contribution in [3.05, 3.63) is 0 Å². The predicted octanol–water partition coefficient (Wildman–Crippen LogP) is 5.05. The Morgan fingerprint density at radius 3 is 1.67 bits per heavy atom. The van der Waals surface area contributed by atoms with Crippen LogP contribution in [-0.4, -0.2) is 17.3 Å². The number of rotatable bonds is 16. The monoisotopic (exact) mass is 337 g/mol. The van der Waals surface area contributed by atoms with Crippen LogP contribution in [0.2, 0.25) is 0 Å². The average molecular weight is 338 g/mol. The molecule has 0 aliphatic heterocycles. The summed E-state index contributed by atoms with van der Waals surface area (Å²) in [6, 6.07) is 0. The molecule has 1 aliphatic carbocycles. The van der Waals surface area contributed by atoms with E-state index in [1.165, 1.54) is 70.6 Å². The van der Waals surface area contributed by atoms with Crippen molar-refractivity contribution < 1.29 is 4.79 Å². The molecule has 0 aromatic carbocycles. The topological polar surface area (TPSA) is 79.0 Å². The van der Waals surface area contributed by atoms with Crippen LogP contribution in [0.25, 0.3) is 0 Å². The van der Waals surface area contributed by atoms with Gasteiger partial charge in [0.1, 0.15) is 5.84 Å². The highest BCUT2D eigenvalue weighted by molar-refractivity contribution is 5.94. The third-order valence-electron chi connectivity index (χ3n) is 5.15. The molecule has 0 heterocycles. The van der Waals surface area contributed by atoms with E-state index >= 15 is 0 Å². The molecular formula is C20H39N3O. The van der Waals surface area contributed by atoms with E-state index in [1.807, 2.05) is 0 Å². The molecule has 0 saturated heterocycles. The fourth-order valence-electron chi connectivity index (χ4n) is 3.22. The van der Waals surface area contributed by atoms with Crippen molar-refractivity contribution in [2.24, 2.45) is 5.73 Å². The lowest BCUT2D eigenvalue weighted by atomic mass is 10.0. The summed E-state index contributed by atoms with van der Waals surface area (Å²) in [5, 5.41) is 10.4. The Hall–Kier alpha value is -1.06. The van der Waals surface area contributed by atoms with Crippen LogP contribution in [0.5, 0.6) is 0 Å². The Morgan fingerprint density at radius 2 is 1.29 bits per heavy atom. The summed E-state index contributed by atoms with van der Waals surface area (Å²) in [4.78, 5) is 11.8. The van der Waals surface area contributed by atoms with Gasteiger partial charge >= 0.3 is 0 Å². The van der Waals surface area contributed by atoms with Gasteiger partial charge in [0.2, 0.25) is 5.91 Å². The van der Waals surface area contributed by atoms with E-state index in [1.54, 1.807) is 0 Å². The van der Waals surface area contributed by atoms with Crippen LogP contribution in [0.3, 0.4) is 0 Å². The largest absolute Gasteiger partial charge is 0.386 e. The zero-order valence-electron chi connectivity index (χ0n) is 15.8. The molecule has 1 amide bonds. The second-order valence-electron chi connectivity index (χ2n) is 7.54. The first-order valence-electron chi connectivity index (χ1n) is 10.3. The molecule has 0 bridgehead atoms. The fraction of sp³-hybridized carbons (Fsp3) is 0.900. The highest BCUT2D eigenvalue weighted by Gasteiger charge is 2.47. The molecule has 0 atom stereocenters. The molecule has 1 aliphatic rings. The summed E-state index contributed by atoms with van der Waals surface area (Å²) in [7, 11) is 0. The summed E-state index contributed by atoms with van der Waals surface area (Å²) >= 11 is 0. The molecule has 1 rings (SSSR count). The van der Waals surface area contributed by atoms with Crippen LogP contribution in [0.15, 0.2) is 0 Å². The molecule has 1 fully saturated rings. The maximum Gasteiger partial charge on any atom is 0.220 e. The summed E-state index contributed by atoms with van der Waals surface area (Å²) in [5.41, 5.74) is 5.05. The Labute approximate surface area is 148 Å². The number of carbonyl (C=O) groups excluding carboxylic acids is 1. The van der Waals surface area contributed by atoms with Gasteiger partial charge in [0, 0.05) is 6.42 Å². The summed E-state index contributed by atoms with van der Waals surface area (Å²) < 4.78 is 0. The third-order valence-corrected chi connectivity index (χ3v) is 5.15. The van der Waals surface area contributed by atoms with Crippen LogP contribution in [-0.2, 0) is 4.79 Å². The van der Waals surface area contributed by atoms with Crippen LogP contribution < -0.4 is 11.1 Å². The number of hydrogen-bond acceptors (Lipinski definition) is 2. The Bertz CT molecular complexity index is 364. The van der Waals surface area contributed by atoms with Crippen molar-refractivity contribution in [1.29, 1.82) is 5.41 Å². The Balaban J connectivity index is 1.81. The Morgan fingerprint density at radius 1 is 0.875 bits per heavy atom. The van der Waals surface area contributed by atoms with Crippen molar-refractivity contribution in [3.63, 3.8) is 0 Å². The van der Waals surface area contributed by atoms with E-state index in [-0.39, 0.29) is 11.7 Å². The minimum atomic E-state index is -0.479. The lowest BCUT2D eigenvalue weighted by molar-refractivity contribution is -0.121. The maximum absolute atomic E-state index is 11.8. The smallest absolute Gasteiger partial charge is 0.220 e. The molecule has 140 valence electrons. The second-order valence-corrected chi connectivity index (χ2v) is 7.54. The van der Waals surface area contributed by atoms with E-state index in [0.717, 1.165) is 25.7 Å². The molecule has 0 aromatic heterocycles. The third kappa shape index (κ3) is 9.29. The van der Waals surface area contributed by atoms with Gasteiger partial charge in [-0.2, -0.15) is 0 Å². The zero-order chi connectivity index (χ0) is 17.7. The second kappa shape index (κ2) is 12.3. The lowest BCUT2D eigenvalue weighted by Crippen LogP contribution is -2.46. The number of hydrogen-bond donors (Lipinski definition) is 3. The minimum Gasteiger partial charge on any atom is -0.386 e. The maximum atomic E-state index is 11.8. The van der Waals surface area contributed by atoms with E-state index in [2.05, 4.69) is 12.2 Å². The normalized spacial score (nSPS) is 15.2. The SMILES string of the molecule is CCCCCCCCCCCCCCCC(=O)NC1(C(=N)N)CC1. The first kappa shape index (κ1) is 21.0. The van der Waals surface area contributed by atoms with Crippen molar-refractivity contribution in [1.82, 2.24) is 5.32 Å². The van der Waals surface area contributed by atoms with E-state index in [9.17, 15) is 4.79 Å². The summed E-state index contributed by atoms with van der Waals surface area (Å²) in [6.45, 7) is 2.27. The molecule has 0 unspecified atom stereocenters. The van der Waals surface area contributed by atoms with E-state index in [0.29, 0.717) is 6.42 Å². The minimum absolute atomic E-state index is 0.0609. The number of nitrogens with two attached hydrogens (primary N) is 1. The van der Waals surface area contributed by atoms with Gasteiger partial charge < -0.3 is 11.1 Å². The van der Waals surface area contributed by atoms with Crippen molar-refractivity contribution in [2.75, 3.05) is 0 Å². The van der Waals surface area contributed by atoms with Gasteiger partial charge in [0.15, 0.2) is 0 Å². The number of nitrogens with one attached hydrogen (secondary N) is 2. The molecule has 0 aromatic rings. The first-order valence-corrected chi connectivity index (χ1v) is 10.3. The van der Waals surface area contributed by atoms with E-state index in [4.69, 9.17) is 11.1 Å². The summed E-state index contributed by atoms with van der Waals surface area (Å²) in [6.07, 6.45) is 19.3. The number of amides is 1. The van der Waals surface area contributed by atoms with Crippen LogP contribution in [0.4, 0.5) is 0 Å². The van der Waals surface area contributed by atoms with Crippen molar-refractivity contribution in [2.45, 2.75) is 115 Å². The molecule has 4 nitrogen and oxygen atoms in total. The lowest BCUT2D eigenvalue weighted by Gasteiger charge is -2.15. The number of unbranched alkanes of at least 4 members (excludes halogenated alkanes) is 12. The number of carbonyl (C=O) groups is 1. The quantitative estimate of drug-likeness (QED) is 0.209.